The van der Waals surface area contributed by atoms with Crippen molar-refractivity contribution in [2.75, 3.05) is 26.2 Å². The maximum atomic E-state index is 12.8. The highest BCUT2D eigenvalue weighted by molar-refractivity contribution is 5.79. The molecule has 4 rings (SSSR count). The number of aliphatic hydroxyl groups is 1. The van der Waals surface area contributed by atoms with Gasteiger partial charge in [-0.2, -0.15) is 0 Å². The van der Waals surface area contributed by atoms with Gasteiger partial charge in [-0.05, 0) is 49.2 Å². The number of nitrogens with one attached hydrogen (secondary N) is 1. The van der Waals surface area contributed by atoms with Gasteiger partial charge in [-0.15, -0.1) is 0 Å². The van der Waals surface area contributed by atoms with Crippen molar-refractivity contribution in [3.63, 3.8) is 0 Å². The van der Waals surface area contributed by atoms with Crippen LogP contribution in [0.5, 0.6) is 17.2 Å². The van der Waals surface area contributed by atoms with E-state index in [-0.39, 0.29) is 17.8 Å². The zero-order valence-electron chi connectivity index (χ0n) is 17.4. The summed E-state index contributed by atoms with van der Waals surface area (Å²) in [7, 11) is 0. The van der Waals surface area contributed by atoms with Gasteiger partial charge in [0, 0.05) is 18.9 Å². The topological polar surface area (TPSA) is 73.3 Å². The monoisotopic (exact) mass is 410 g/mol. The van der Waals surface area contributed by atoms with E-state index >= 15 is 0 Å². The van der Waals surface area contributed by atoms with Crippen LogP contribution in [0.4, 0.5) is 0 Å². The Morgan fingerprint density at radius 1 is 1.07 bits per heavy atom. The molecule has 2 N–H and O–H groups in total. The van der Waals surface area contributed by atoms with E-state index in [0.717, 1.165) is 24.2 Å². The van der Waals surface area contributed by atoms with Crippen molar-refractivity contribution in [2.45, 2.75) is 32.8 Å². The van der Waals surface area contributed by atoms with E-state index < -0.39 is 6.10 Å². The molecule has 6 heteroatoms. The Hall–Kier alpha value is -2.83. The molecular weight excluding hydrogens is 382 g/mol. The second kappa shape index (κ2) is 8.90. The lowest BCUT2D eigenvalue weighted by Gasteiger charge is -2.17. The normalized spacial score (nSPS) is 15.4. The number of fused-ring (bicyclic) bond motifs is 1. The van der Waals surface area contributed by atoms with Crippen LogP contribution in [0.2, 0.25) is 0 Å². The first kappa shape index (κ1) is 20.4. The first-order chi connectivity index (χ1) is 14.5. The number of rotatable bonds is 7. The molecule has 1 aliphatic heterocycles. The zero-order valence-corrected chi connectivity index (χ0v) is 17.4. The van der Waals surface area contributed by atoms with E-state index in [2.05, 4.69) is 0 Å². The van der Waals surface area contributed by atoms with Crippen LogP contribution in [-0.2, 0) is 0 Å². The van der Waals surface area contributed by atoms with Crippen LogP contribution >= 0.6 is 0 Å². The SMILES string of the molecule is Cc1cc(C)cc(Oc2coc3cc(OC[C@H](O)C[NH+]4CCCC4)ccc3c2=O)c1. The Bertz CT molecular complexity index is 1060. The number of aryl methyl sites for hydroxylation is 2. The average molecular weight is 410 g/mol. The van der Waals surface area contributed by atoms with Crippen LogP contribution in [-0.4, -0.2) is 37.5 Å². The van der Waals surface area contributed by atoms with Crippen LogP contribution < -0.4 is 19.8 Å². The highest BCUT2D eigenvalue weighted by atomic mass is 16.5. The van der Waals surface area contributed by atoms with Gasteiger partial charge in [0.25, 0.3) is 0 Å². The molecule has 1 aliphatic rings. The molecule has 1 saturated heterocycles. The molecule has 0 unspecified atom stereocenters. The van der Waals surface area contributed by atoms with E-state index in [1.54, 1.807) is 18.2 Å². The molecule has 0 radical (unpaired) electrons. The van der Waals surface area contributed by atoms with Crippen molar-refractivity contribution in [1.29, 1.82) is 0 Å². The fourth-order valence-electron chi connectivity index (χ4n) is 4.03. The van der Waals surface area contributed by atoms with Crippen molar-refractivity contribution >= 4 is 11.0 Å². The molecule has 0 saturated carbocycles. The average Bonchev–Trinajstić information content (AvgIpc) is 3.21. The predicted octanol–water partition coefficient (Wildman–Crippen LogP) is 2.62. The van der Waals surface area contributed by atoms with Gasteiger partial charge < -0.3 is 23.9 Å². The van der Waals surface area contributed by atoms with Crippen molar-refractivity contribution in [3.8, 4) is 17.2 Å². The maximum absolute atomic E-state index is 12.8. The summed E-state index contributed by atoms with van der Waals surface area (Å²) in [6.07, 6.45) is 3.26. The molecule has 2 aromatic carbocycles. The van der Waals surface area contributed by atoms with Crippen molar-refractivity contribution < 1.29 is 23.9 Å². The minimum absolute atomic E-state index is 0.144. The summed E-state index contributed by atoms with van der Waals surface area (Å²) >= 11 is 0. The van der Waals surface area contributed by atoms with E-state index in [1.165, 1.54) is 24.0 Å². The molecule has 0 amide bonds. The number of ether oxygens (including phenoxy) is 2. The van der Waals surface area contributed by atoms with Gasteiger partial charge in [-0.25, -0.2) is 0 Å². The third kappa shape index (κ3) is 4.83. The predicted molar refractivity (Wildman–Crippen MR) is 115 cm³/mol. The third-order valence-electron chi connectivity index (χ3n) is 5.41. The van der Waals surface area contributed by atoms with Gasteiger partial charge in [0.1, 0.15) is 42.6 Å². The molecule has 0 spiro atoms. The Kier molecular flexibility index (Phi) is 6.06. The first-order valence-electron chi connectivity index (χ1n) is 10.4. The van der Waals surface area contributed by atoms with Crippen LogP contribution in [0.25, 0.3) is 11.0 Å². The summed E-state index contributed by atoms with van der Waals surface area (Å²) in [6.45, 7) is 7.10. The van der Waals surface area contributed by atoms with Gasteiger partial charge in [0.05, 0.1) is 18.5 Å². The van der Waals surface area contributed by atoms with Crippen LogP contribution in [0.3, 0.4) is 0 Å². The highest BCUT2D eigenvalue weighted by Gasteiger charge is 2.20. The van der Waals surface area contributed by atoms with Crippen LogP contribution in [0.15, 0.2) is 51.9 Å². The summed E-state index contributed by atoms with van der Waals surface area (Å²) in [4.78, 5) is 14.2. The molecule has 6 nitrogen and oxygen atoms in total. The molecule has 30 heavy (non-hydrogen) atoms. The Balaban J connectivity index is 1.46. The van der Waals surface area contributed by atoms with Gasteiger partial charge in [0.2, 0.25) is 11.2 Å². The van der Waals surface area contributed by atoms with E-state index in [1.807, 2.05) is 32.0 Å². The molecule has 2 heterocycles. The fourth-order valence-corrected chi connectivity index (χ4v) is 4.03. The Morgan fingerprint density at radius 3 is 2.53 bits per heavy atom. The summed E-state index contributed by atoms with van der Waals surface area (Å²) in [5.74, 6) is 1.31. The molecule has 1 aromatic heterocycles. The number of likely N-dealkylation sites (tertiary alicyclic amines) is 1. The first-order valence-corrected chi connectivity index (χ1v) is 10.4. The molecule has 0 bridgehead atoms. The second-order valence-electron chi connectivity index (χ2n) is 8.14. The largest absolute Gasteiger partial charge is 0.491 e. The minimum atomic E-state index is -0.519. The fraction of sp³-hybridized carbons (Fsp3) is 0.375. The van der Waals surface area contributed by atoms with E-state index in [9.17, 15) is 9.90 Å². The number of benzene rings is 2. The number of hydrogen-bond acceptors (Lipinski definition) is 5. The molecule has 0 aliphatic carbocycles. The van der Waals surface area contributed by atoms with Gasteiger partial charge >= 0.3 is 0 Å². The molecule has 1 atom stereocenters. The number of quaternary nitrogens is 1. The van der Waals surface area contributed by atoms with Gasteiger partial charge in [0.15, 0.2) is 0 Å². The minimum Gasteiger partial charge on any atom is -0.491 e. The summed E-state index contributed by atoms with van der Waals surface area (Å²) in [6, 6.07) is 10.9. The summed E-state index contributed by atoms with van der Waals surface area (Å²) < 4.78 is 17.1. The second-order valence-corrected chi connectivity index (χ2v) is 8.14. The van der Waals surface area contributed by atoms with Crippen molar-refractivity contribution in [3.05, 3.63) is 64.0 Å². The van der Waals surface area contributed by atoms with Crippen LogP contribution in [0, 0.1) is 13.8 Å². The molecule has 158 valence electrons. The molecule has 3 aromatic rings. The number of hydrogen-bond donors (Lipinski definition) is 2. The standard InChI is InChI=1S/C24H27NO5/c1-16-9-17(2)11-20(10-16)30-23-15-29-22-12-19(5-6-21(22)24(23)27)28-14-18(26)13-25-7-3-4-8-25/h5-6,9-12,15,18,26H,3-4,7-8,13-14H2,1-2H3/p+1/t18-/m1/s1. The van der Waals surface area contributed by atoms with Crippen molar-refractivity contribution in [1.82, 2.24) is 0 Å². The smallest absolute Gasteiger partial charge is 0.235 e. The molecular formula is C24H28NO5+. The lowest BCUT2D eigenvalue weighted by molar-refractivity contribution is -0.890. The maximum Gasteiger partial charge on any atom is 0.235 e. The van der Waals surface area contributed by atoms with Crippen molar-refractivity contribution in [2.24, 2.45) is 0 Å². The van der Waals surface area contributed by atoms with Crippen LogP contribution in [0.1, 0.15) is 24.0 Å². The third-order valence-corrected chi connectivity index (χ3v) is 5.41. The summed E-state index contributed by atoms with van der Waals surface area (Å²) in [5.41, 5.74) is 2.31. The zero-order chi connectivity index (χ0) is 21.1. The number of aliphatic hydroxyl groups excluding tert-OH is 1. The highest BCUT2D eigenvalue weighted by Crippen LogP contribution is 2.25. The summed E-state index contributed by atoms with van der Waals surface area (Å²) in [5, 5.41) is 10.6. The quantitative estimate of drug-likeness (QED) is 0.627. The van der Waals surface area contributed by atoms with Gasteiger partial charge in [-0.3, -0.25) is 4.79 Å². The Morgan fingerprint density at radius 2 is 1.80 bits per heavy atom. The van der Waals surface area contributed by atoms with E-state index in [0.29, 0.717) is 29.0 Å². The molecule has 1 fully saturated rings. The lowest BCUT2D eigenvalue weighted by atomic mass is 10.1. The Labute approximate surface area is 175 Å². The lowest BCUT2D eigenvalue weighted by Crippen LogP contribution is -3.11. The van der Waals surface area contributed by atoms with E-state index in [4.69, 9.17) is 13.9 Å². The van der Waals surface area contributed by atoms with Gasteiger partial charge in [-0.1, -0.05) is 6.07 Å².